The van der Waals surface area contributed by atoms with Crippen molar-refractivity contribution in [1.82, 2.24) is 5.32 Å². The summed E-state index contributed by atoms with van der Waals surface area (Å²) in [4.78, 5) is 0.107. The fourth-order valence-electron chi connectivity index (χ4n) is 2.68. The lowest BCUT2D eigenvalue weighted by Crippen LogP contribution is -2.30. The zero-order chi connectivity index (χ0) is 21.7. The summed E-state index contributed by atoms with van der Waals surface area (Å²) in [6.45, 7) is 2.01. The van der Waals surface area contributed by atoms with Gasteiger partial charge in [-0.15, -0.1) is 0 Å². The number of nitrogens with one attached hydrogen (secondary N) is 3. The average molecular weight is 480 g/mol. The van der Waals surface area contributed by atoms with Gasteiger partial charge in [0.2, 0.25) is 0 Å². The SMILES string of the molecule is CC(NC(=S)Nc1ccc(S(=O)(=O)Nc2ccc(Cl)c(Cl)c2)cc1)c1ccccc1. The molecule has 0 aliphatic heterocycles. The van der Waals surface area contributed by atoms with E-state index in [2.05, 4.69) is 15.4 Å². The van der Waals surface area contributed by atoms with Crippen molar-refractivity contribution in [2.24, 2.45) is 0 Å². The van der Waals surface area contributed by atoms with E-state index in [9.17, 15) is 8.42 Å². The van der Waals surface area contributed by atoms with E-state index in [4.69, 9.17) is 35.4 Å². The quantitative estimate of drug-likeness (QED) is 0.387. The molecule has 3 N–H and O–H groups in total. The minimum atomic E-state index is -3.77. The first-order chi connectivity index (χ1) is 14.2. The molecule has 0 saturated heterocycles. The van der Waals surface area contributed by atoms with Crippen LogP contribution in [0, 0.1) is 0 Å². The van der Waals surface area contributed by atoms with Crippen molar-refractivity contribution in [3.05, 3.63) is 88.4 Å². The Kier molecular flexibility index (Phi) is 7.20. The Morgan fingerprint density at radius 3 is 2.17 bits per heavy atom. The smallest absolute Gasteiger partial charge is 0.261 e. The summed E-state index contributed by atoms with van der Waals surface area (Å²) < 4.78 is 27.7. The van der Waals surface area contributed by atoms with Crippen LogP contribution in [-0.2, 0) is 10.0 Å². The Morgan fingerprint density at radius 1 is 0.900 bits per heavy atom. The van der Waals surface area contributed by atoms with Crippen molar-refractivity contribution in [2.45, 2.75) is 17.9 Å². The van der Waals surface area contributed by atoms with Gasteiger partial charge >= 0.3 is 0 Å². The summed E-state index contributed by atoms with van der Waals surface area (Å²) in [7, 11) is -3.77. The molecule has 5 nitrogen and oxygen atoms in total. The van der Waals surface area contributed by atoms with Crippen LogP contribution in [0.5, 0.6) is 0 Å². The van der Waals surface area contributed by atoms with Gasteiger partial charge in [0, 0.05) is 5.69 Å². The lowest BCUT2D eigenvalue weighted by atomic mass is 10.1. The fourth-order valence-corrected chi connectivity index (χ4v) is 4.32. The van der Waals surface area contributed by atoms with Crippen LogP contribution >= 0.6 is 35.4 Å². The van der Waals surface area contributed by atoms with Crippen LogP contribution < -0.4 is 15.4 Å². The largest absolute Gasteiger partial charge is 0.356 e. The highest BCUT2D eigenvalue weighted by Gasteiger charge is 2.15. The van der Waals surface area contributed by atoms with Crippen molar-refractivity contribution < 1.29 is 8.42 Å². The van der Waals surface area contributed by atoms with Gasteiger partial charge in [-0.25, -0.2) is 8.42 Å². The molecule has 0 fully saturated rings. The molecule has 0 spiro atoms. The molecular weight excluding hydrogens is 461 g/mol. The van der Waals surface area contributed by atoms with Crippen LogP contribution in [0.15, 0.2) is 77.7 Å². The van der Waals surface area contributed by atoms with Crippen molar-refractivity contribution in [3.63, 3.8) is 0 Å². The minimum absolute atomic E-state index is 0.0289. The van der Waals surface area contributed by atoms with Crippen LogP contribution in [0.4, 0.5) is 11.4 Å². The van der Waals surface area contributed by atoms with Gasteiger partial charge in [-0.05, 0) is 67.2 Å². The van der Waals surface area contributed by atoms with E-state index in [0.717, 1.165) is 5.56 Å². The molecule has 3 rings (SSSR count). The molecule has 0 aliphatic carbocycles. The van der Waals surface area contributed by atoms with Gasteiger partial charge in [0.15, 0.2) is 5.11 Å². The molecule has 3 aromatic rings. The van der Waals surface area contributed by atoms with Crippen LogP contribution in [-0.4, -0.2) is 13.5 Å². The van der Waals surface area contributed by atoms with Crippen LogP contribution in [0.2, 0.25) is 10.0 Å². The monoisotopic (exact) mass is 479 g/mol. The first-order valence-corrected chi connectivity index (χ1v) is 11.6. The lowest BCUT2D eigenvalue weighted by Gasteiger charge is -2.17. The zero-order valence-corrected chi connectivity index (χ0v) is 19.0. The number of thiocarbonyl (C=S) groups is 1. The Bertz CT molecular complexity index is 1140. The van der Waals surface area contributed by atoms with E-state index < -0.39 is 10.0 Å². The van der Waals surface area contributed by atoms with Gasteiger partial charge in [-0.2, -0.15) is 0 Å². The minimum Gasteiger partial charge on any atom is -0.356 e. The lowest BCUT2D eigenvalue weighted by molar-refractivity contribution is 0.601. The van der Waals surface area contributed by atoms with E-state index in [1.165, 1.54) is 24.3 Å². The summed E-state index contributed by atoms with van der Waals surface area (Å²) in [6, 6.07) is 20.7. The van der Waals surface area contributed by atoms with E-state index >= 15 is 0 Å². The van der Waals surface area contributed by atoms with Crippen molar-refractivity contribution in [3.8, 4) is 0 Å². The van der Waals surface area contributed by atoms with E-state index in [-0.39, 0.29) is 16.0 Å². The number of hydrogen-bond acceptors (Lipinski definition) is 3. The molecule has 0 saturated carbocycles. The predicted octanol–water partition coefficient (Wildman–Crippen LogP) is 5.84. The van der Waals surface area contributed by atoms with Crippen LogP contribution in [0.1, 0.15) is 18.5 Å². The molecule has 0 heterocycles. The summed E-state index contributed by atoms with van der Waals surface area (Å²) >= 11 is 17.2. The fraction of sp³-hybridized carbons (Fsp3) is 0.0952. The standard InChI is InChI=1S/C21H19Cl2N3O2S2/c1-14(15-5-3-2-4-6-15)24-21(29)25-16-7-10-18(11-8-16)30(27,28)26-17-9-12-19(22)20(23)13-17/h2-14,26H,1H3,(H2,24,25,29). The number of hydrogen-bond donors (Lipinski definition) is 3. The number of rotatable bonds is 6. The van der Waals surface area contributed by atoms with Crippen molar-refractivity contribution in [1.29, 1.82) is 0 Å². The highest BCUT2D eigenvalue weighted by molar-refractivity contribution is 7.92. The van der Waals surface area contributed by atoms with Gasteiger partial charge in [0.05, 0.1) is 26.7 Å². The molecule has 0 aliphatic rings. The molecule has 0 amide bonds. The maximum atomic E-state index is 12.6. The molecule has 30 heavy (non-hydrogen) atoms. The highest BCUT2D eigenvalue weighted by atomic mass is 35.5. The Morgan fingerprint density at radius 2 is 1.53 bits per heavy atom. The first kappa shape index (κ1) is 22.4. The molecule has 0 bridgehead atoms. The maximum absolute atomic E-state index is 12.6. The zero-order valence-electron chi connectivity index (χ0n) is 15.9. The first-order valence-electron chi connectivity index (χ1n) is 8.95. The molecule has 0 aromatic heterocycles. The van der Waals surface area contributed by atoms with Gasteiger partial charge in [-0.3, -0.25) is 4.72 Å². The average Bonchev–Trinajstić information content (AvgIpc) is 2.71. The molecule has 0 radical (unpaired) electrons. The van der Waals surface area contributed by atoms with Gasteiger partial charge in [0.25, 0.3) is 10.0 Å². The van der Waals surface area contributed by atoms with Crippen molar-refractivity contribution in [2.75, 3.05) is 10.0 Å². The number of sulfonamides is 1. The van der Waals surface area contributed by atoms with Crippen molar-refractivity contribution >= 4 is 61.9 Å². The number of anilines is 2. The Labute approximate surface area is 191 Å². The molecular formula is C21H19Cl2N3O2S2. The third kappa shape index (κ3) is 5.86. The predicted molar refractivity (Wildman–Crippen MR) is 128 cm³/mol. The normalized spacial score (nSPS) is 12.1. The summed E-state index contributed by atoms with van der Waals surface area (Å²) in [5.41, 5.74) is 2.10. The number of benzene rings is 3. The third-order valence-electron chi connectivity index (χ3n) is 4.24. The van der Waals surface area contributed by atoms with Gasteiger partial charge in [0.1, 0.15) is 0 Å². The van der Waals surface area contributed by atoms with E-state index in [1.807, 2.05) is 37.3 Å². The van der Waals surface area contributed by atoms with E-state index in [1.54, 1.807) is 18.2 Å². The second-order valence-corrected chi connectivity index (χ2v) is 9.39. The molecule has 156 valence electrons. The van der Waals surface area contributed by atoms with Crippen LogP contribution in [0.25, 0.3) is 0 Å². The summed E-state index contributed by atoms with van der Waals surface area (Å²) in [5.74, 6) is 0. The highest BCUT2D eigenvalue weighted by Crippen LogP contribution is 2.26. The maximum Gasteiger partial charge on any atom is 0.261 e. The molecule has 1 atom stereocenters. The second-order valence-electron chi connectivity index (χ2n) is 6.49. The van der Waals surface area contributed by atoms with Crippen LogP contribution in [0.3, 0.4) is 0 Å². The number of halogens is 2. The molecule has 3 aromatic carbocycles. The molecule has 9 heteroatoms. The topological polar surface area (TPSA) is 70.2 Å². The summed E-state index contributed by atoms with van der Waals surface area (Å²) in [5, 5.41) is 7.31. The summed E-state index contributed by atoms with van der Waals surface area (Å²) in [6.07, 6.45) is 0. The Hall–Kier alpha value is -2.32. The second kappa shape index (κ2) is 9.66. The third-order valence-corrected chi connectivity index (χ3v) is 6.60. The van der Waals surface area contributed by atoms with Gasteiger partial charge < -0.3 is 10.6 Å². The van der Waals surface area contributed by atoms with Gasteiger partial charge in [-0.1, -0.05) is 53.5 Å². The Balaban J connectivity index is 1.63. The molecule has 1 unspecified atom stereocenters. The van der Waals surface area contributed by atoms with E-state index in [0.29, 0.717) is 21.5 Å².